The van der Waals surface area contributed by atoms with Crippen LogP contribution in [0.5, 0.6) is 0 Å². The second-order valence-corrected chi connectivity index (χ2v) is 4.81. The van der Waals surface area contributed by atoms with Crippen LogP contribution >= 0.6 is 0 Å². The fourth-order valence-corrected chi connectivity index (χ4v) is 1.96. The maximum Gasteiger partial charge on any atom is 0.140 e. The van der Waals surface area contributed by atoms with E-state index < -0.39 is 0 Å². The number of ketones is 1. The Hall–Kier alpha value is -0.410. The molecule has 3 nitrogen and oxygen atoms in total. The number of hydrogen-bond donors (Lipinski definition) is 2. The first kappa shape index (κ1) is 11.7. The maximum atomic E-state index is 11.7. The summed E-state index contributed by atoms with van der Waals surface area (Å²) >= 11 is 0. The van der Waals surface area contributed by atoms with E-state index in [4.69, 9.17) is 0 Å². The maximum absolute atomic E-state index is 11.7. The number of Topliss-reactive ketones (excluding diaryl/α,β-unsaturated/α-hetero) is 1. The molecule has 0 bridgehead atoms. The van der Waals surface area contributed by atoms with Crippen LogP contribution in [0.4, 0.5) is 0 Å². The molecule has 0 aromatic rings. The number of carbonyl (C=O) groups is 1. The van der Waals surface area contributed by atoms with E-state index in [1.807, 2.05) is 27.7 Å². The molecule has 2 N–H and O–H groups in total. The zero-order valence-electron chi connectivity index (χ0n) is 9.45. The van der Waals surface area contributed by atoms with Crippen molar-refractivity contribution in [2.24, 2.45) is 11.8 Å². The van der Waals surface area contributed by atoms with Crippen molar-refractivity contribution in [2.45, 2.75) is 52.3 Å². The minimum absolute atomic E-state index is 0.0207. The highest BCUT2D eigenvalue weighted by atomic mass is 16.3. The van der Waals surface area contributed by atoms with E-state index in [0.717, 1.165) is 0 Å². The van der Waals surface area contributed by atoms with Crippen LogP contribution in [0.25, 0.3) is 0 Å². The van der Waals surface area contributed by atoms with E-state index in [9.17, 15) is 9.90 Å². The Balaban J connectivity index is 2.52. The minimum atomic E-state index is -0.343. The molecule has 3 atom stereocenters. The van der Waals surface area contributed by atoms with Crippen LogP contribution in [-0.2, 0) is 4.79 Å². The van der Waals surface area contributed by atoms with Crippen molar-refractivity contribution in [3.63, 3.8) is 0 Å². The Morgan fingerprint density at radius 2 is 1.93 bits per heavy atom. The summed E-state index contributed by atoms with van der Waals surface area (Å²) in [7, 11) is 0. The van der Waals surface area contributed by atoms with Crippen LogP contribution < -0.4 is 5.32 Å². The molecule has 1 saturated carbocycles. The monoisotopic (exact) mass is 199 g/mol. The van der Waals surface area contributed by atoms with E-state index in [1.165, 1.54) is 0 Å². The Morgan fingerprint density at radius 1 is 1.36 bits per heavy atom. The average molecular weight is 199 g/mol. The normalized spacial score (nSPS) is 32.1. The molecule has 0 radical (unpaired) electrons. The second-order valence-electron chi connectivity index (χ2n) is 4.81. The summed E-state index contributed by atoms with van der Waals surface area (Å²) in [6.45, 7) is 7.89. The Morgan fingerprint density at radius 3 is 2.29 bits per heavy atom. The van der Waals surface area contributed by atoms with Crippen molar-refractivity contribution in [1.29, 1.82) is 0 Å². The molecule has 0 aromatic carbocycles. The molecule has 1 rings (SSSR count). The Bertz CT molecular complexity index is 213. The standard InChI is InChI=1S/C11H21NO2/c1-6(2)11(14)8-5-9(13)10(8)12-7(3)4/h6-10,12-13H,5H2,1-4H3/t8-,9-,10+/m0/s1. The summed E-state index contributed by atoms with van der Waals surface area (Å²) in [4.78, 5) is 11.7. The van der Waals surface area contributed by atoms with Gasteiger partial charge < -0.3 is 10.4 Å². The number of nitrogens with one attached hydrogen (secondary N) is 1. The van der Waals surface area contributed by atoms with Crippen molar-refractivity contribution < 1.29 is 9.90 Å². The summed E-state index contributed by atoms with van der Waals surface area (Å²) in [5.74, 6) is 0.366. The second kappa shape index (κ2) is 4.41. The van der Waals surface area contributed by atoms with Crippen LogP contribution in [0.3, 0.4) is 0 Å². The predicted octanol–water partition coefficient (Wildman–Crippen LogP) is 0.959. The first-order valence-corrected chi connectivity index (χ1v) is 5.41. The average Bonchev–Trinajstić information content (AvgIpc) is 2.09. The molecular formula is C11H21NO2. The van der Waals surface area contributed by atoms with Crippen LogP contribution in [0.1, 0.15) is 34.1 Å². The third-order valence-corrected chi connectivity index (χ3v) is 2.80. The highest BCUT2D eigenvalue weighted by Gasteiger charge is 2.44. The molecule has 0 aromatic heterocycles. The molecular weight excluding hydrogens is 178 g/mol. The van der Waals surface area contributed by atoms with Crippen LogP contribution in [-0.4, -0.2) is 29.1 Å². The van der Waals surface area contributed by atoms with Gasteiger partial charge in [0.15, 0.2) is 0 Å². The van der Waals surface area contributed by atoms with Crippen molar-refractivity contribution in [3.05, 3.63) is 0 Å². The number of aliphatic hydroxyl groups excluding tert-OH is 1. The lowest BCUT2D eigenvalue weighted by Gasteiger charge is -2.43. The highest BCUT2D eigenvalue weighted by Crippen LogP contribution is 2.31. The molecule has 0 heterocycles. The van der Waals surface area contributed by atoms with Crippen molar-refractivity contribution in [1.82, 2.24) is 5.32 Å². The molecule has 0 amide bonds. The fourth-order valence-electron chi connectivity index (χ4n) is 1.96. The Labute approximate surface area is 85.9 Å². The van der Waals surface area contributed by atoms with Gasteiger partial charge in [-0.3, -0.25) is 4.79 Å². The number of aliphatic hydroxyl groups is 1. The highest BCUT2D eigenvalue weighted by molar-refractivity contribution is 5.84. The molecule has 0 unspecified atom stereocenters. The molecule has 0 saturated heterocycles. The van der Waals surface area contributed by atoms with E-state index >= 15 is 0 Å². The van der Waals surface area contributed by atoms with E-state index in [0.29, 0.717) is 12.5 Å². The van der Waals surface area contributed by atoms with Gasteiger partial charge >= 0.3 is 0 Å². The van der Waals surface area contributed by atoms with Gasteiger partial charge in [-0.25, -0.2) is 0 Å². The van der Waals surface area contributed by atoms with Gasteiger partial charge in [0, 0.05) is 23.9 Å². The third-order valence-electron chi connectivity index (χ3n) is 2.80. The topological polar surface area (TPSA) is 49.3 Å². The molecule has 14 heavy (non-hydrogen) atoms. The molecule has 3 heteroatoms. The third kappa shape index (κ3) is 2.34. The zero-order chi connectivity index (χ0) is 10.9. The first-order chi connectivity index (χ1) is 6.43. The summed E-state index contributed by atoms with van der Waals surface area (Å²) < 4.78 is 0. The molecule has 1 aliphatic rings. The van der Waals surface area contributed by atoms with Gasteiger partial charge in [-0.2, -0.15) is 0 Å². The first-order valence-electron chi connectivity index (χ1n) is 5.41. The summed E-state index contributed by atoms with van der Waals surface area (Å²) in [6, 6.07) is 0.294. The van der Waals surface area contributed by atoms with Gasteiger partial charge in [0.05, 0.1) is 6.10 Å². The van der Waals surface area contributed by atoms with Gasteiger partial charge in [-0.05, 0) is 6.42 Å². The predicted molar refractivity (Wildman–Crippen MR) is 56.0 cm³/mol. The van der Waals surface area contributed by atoms with Gasteiger partial charge in [-0.1, -0.05) is 27.7 Å². The van der Waals surface area contributed by atoms with Crippen LogP contribution in [0.15, 0.2) is 0 Å². The Kier molecular flexibility index (Phi) is 3.67. The van der Waals surface area contributed by atoms with E-state index in [-0.39, 0.29) is 29.8 Å². The number of hydrogen-bond acceptors (Lipinski definition) is 3. The van der Waals surface area contributed by atoms with Crippen molar-refractivity contribution in [3.8, 4) is 0 Å². The molecule has 1 fully saturated rings. The smallest absolute Gasteiger partial charge is 0.140 e. The summed E-state index contributed by atoms with van der Waals surface area (Å²) in [5, 5.41) is 12.8. The van der Waals surface area contributed by atoms with Crippen molar-refractivity contribution in [2.75, 3.05) is 0 Å². The van der Waals surface area contributed by atoms with Gasteiger partial charge in [0.2, 0.25) is 0 Å². The zero-order valence-corrected chi connectivity index (χ0v) is 9.45. The molecule has 0 aliphatic heterocycles. The van der Waals surface area contributed by atoms with Crippen LogP contribution in [0.2, 0.25) is 0 Å². The summed E-state index contributed by atoms with van der Waals surface area (Å²) in [5.41, 5.74) is 0. The quantitative estimate of drug-likeness (QED) is 0.709. The van der Waals surface area contributed by atoms with Crippen molar-refractivity contribution >= 4 is 5.78 Å². The number of rotatable bonds is 4. The van der Waals surface area contributed by atoms with Crippen LogP contribution in [0, 0.1) is 11.8 Å². The molecule has 82 valence electrons. The fraction of sp³-hybridized carbons (Fsp3) is 0.909. The largest absolute Gasteiger partial charge is 0.391 e. The van der Waals surface area contributed by atoms with Gasteiger partial charge in [-0.15, -0.1) is 0 Å². The van der Waals surface area contributed by atoms with Gasteiger partial charge in [0.1, 0.15) is 5.78 Å². The molecule has 0 spiro atoms. The van der Waals surface area contributed by atoms with E-state index in [2.05, 4.69) is 5.32 Å². The molecule has 1 aliphatic carbocycles. The lowest BCUT2D eigenvalue weighted by Crippen LogP contribution is -2.60. The lowest BCUT2D eigenvalue weighted by atomic mass is 9.71. The lowest BCUT2D eigenvalue weighted by molar-refractivity contribution is -0.135. The van der Waals surface area contributed by atoms with Gasteiger partial charge in [0.25, 0.3) is 0 Å². The minimum Gasteiger partial charge on any atom is -0.391 e. The SMILES string of the molecule is CC(C)N[C@@H]1[C@@H](C(=O)C(C)C)C[C@@H]1O. The van der Waals surface area contributed by atoms with E-state index in [1.54, 1.807) is 0 Å². The summed E-state index contributed by atoms with van der Waals surface area (Å²) in [6.07, 6.45) is 0.284. The number of carbonyl (C=O) groups excluding carboxylic acids is 1.